The van der Waals surface area contributed by atoms with E-state index in [2.05, 4.69) is 20.9 Å². The molecule has 2 rings (SSSR count). The van der Waals surface area contributed by atoms with Crippen LogP contribution in [0, 0.1) is 0 Å². The van der Waals surface area contributed by atoms with Gasteiger partial charge in [-0.2, -0.15) is 0 Å². The fourth-order valence-electron chi connectivity index (χ4n) is 1.60. The van der Waals surface area contributed by atoms with E-state index >= 15 is 0 Å². The van der Waals surface area contributed by atoms with Crippen molar-refractivity contribution in [3.8, 4) is 11.1 Å². The molecule has 0 aliphatic heterocycles. The van der Waals surface area contributed by atoms with Gasteiger partial charge in [0.2, 0.25) is 0 Å². The number of carbonyl (C=O) groups excluding carboxylic acids is 1. The van der Waals surface area contributed by atoms with Crippen molar-refractivity contribution in [2.45, 2.75) is 13.5 Å². The summed E-state index contributed by atoms with van der Waals surface area (Å²) in [6, 6.07) is 9.86. The fraction of sp³-hybridized carbons (Fsp3) is 0.143. The number of hydrogen-bond acceptors (Lipinski definition) is 3. The van der Waals surface area contributed by atoms with Gasteiger partial charge in [-0.05, 0) is 39.2 Å². The van der Waals surface area contributed by atoms with Crippen molar-refractivity contribution < 1.29 is 9.53 Å². The molecular weight excluding hydrogens is 294 g/mol. The zero-order valence-corrected chi connectivity index (χ0v) is 11.5. The second kappa shape index (κ2) is 5.78. The highest BCUT2D eigenvalue weighted by Crippen LogP contribution is 2.22. The molecule has 0 saturated carbocycles. The first-order chi connectivity index (χ1) is 8.65. The van der Waals surface area contributed by atoms with Crippen molar-refractivity contribution in [1.29, 1.82) is 0 Å². The molecule has 0 radical (unpaired) electrons. The van der Waals surface area contributed by atoms with Crippen LogP contribution in [0.2, 0.25) is 0 Å². The van der Waals surface area contributed by atoms with Crippen LogP contribution in [0.3, 0.4) is 0 Å². The number of nitrogens with zero attached hydrogens (tertiary/aromatic N) is 1. The molecule has 0 aliphatic rings. The third-order valence-corrected chi connectivity index (χ3v) is 2.84. The summed E-state index contributed by atoms with van der Waals surface area (Å²) >= 11 is 3.40. The molecule has 0 unspecified atom stereocenters. The van der Waals surface area contributed by atoms with Crippen LogP contribution < -0.4 is 0 Å². The number of aromatic nitrogens is 1. The molecule has 92 valence electrons. The number of benzene rings is 1. The Hall–Kier alpha value is -1.68. The molecule has 1 aromatic carbocycles. The third-order valence-electron chi connectivity index (χ3n) is 2.41. The molecular formula is C14H12BrNO2. The van der Waals surface area contributed by atoms with Crippen molar-refractivity contribution in [2.75, 3.05) is 0 Å². The summed E-state index contributed by atoms with van der Waals surface area (Å²) in [6.07, 6.45) is 3.54. The largest absolute Gasteiger partial charge is 0.461 e. The van der Waals surface area contributed by atoms with Gasteiger partial charge in [-0.1, -0.05) is 18.2 Å². The monoisotopic (exact) mass is 305 g/mol. The van der Waals surface area contributed by atoms with Gasteiger partial charge >= 0.3 is 5.97 Å². The van der Waals surface area contributed by atoms with Crippen LogP contribution in [0.1, 0.15) is 12.5 Å². The number of pyridine rings is 1. The zero-order chi connectivity index (χ0) is 13.0. The lowest BCUT2D eigenvalue weighted by Gasteiger charge is -2.06. The number of rotatable bonds is 3. The molecule has 2 aromatic rings. The molecule has 0 atom stereocenters. The van der Waals surface area contributed by atoms with E-state index in [-0.39, 0.29) is 5.97 Å². The van der Waals surface area contributed by atoms with Gasteiger partial charge in [-0.15, -0.1) is 0 Å². The SMILES string of the molecule is CC(=O)OCc1cccc(-c2cncc(Br)c2)c1. The summed E-state index contributed by atoms with van der Waals surface area (Å²) in [5.74, 6) is -0.274. The molecule has 1 aromatic heterocycles. The summed E-state index contributed by atoms with van der Waals surface area (Å²) in [7, 11) is 0. The van der Waals surface area contributed by atoms with Gasteiger partial charge in [-0.3, -0.25) is 9.78 Å². The molecule has 0 fully saturated rings. The van der Waals surface area contributed by atoms with Gasteiger partial charge in [-0.25, -0.2) is 0 Å². The van der Waals surface area contributed by atoms with Gasteiger partial charge < -0.3 is 4.74 Å². The van der Waals surface area contributed by atoms with Gasteiger partial charge in [0.05, 0.1) is 0 Å². The molecule has 3 nitrogen and oxygen atoms in total. The Bertz CT molecular complexity index is 569. The molecule has 0 saturated heterocycles. The Balaban J connectivity index is 2.24. The second-order valence-corrected chi connectivity index (χ2v) is 4.79. The van der Waals surface area contributed by atoms with E-state index in [1.54, 1.807) is 12.4 Å². The molecule has 0 aliphatic carbocycles. The van der Waals surface area contributed by atoms with Crippen molar-refractivity contribution in [2.24, 2.45) is 0 Å². The second-order valence-electron chi connectivity index (χ2n) is 3.87. The fourth-order valence-corrected chi connectivity index (χ4v) is 1.96. The molecule has 0 bridgehead atoms. The van der Waals surface area contributed by atoms with Crippen LogP contribution in [0.4, 0.5) is 0 Å². The minimum atomic E-state index is -0.274. The first-order valence-corrected chi connectivity index (χ1v) is 6.27. The smallest absolute Gasteiger partial charge is 0.302 e. The number of esters is 1. The van der Waals surface area contributed by atoms with Crippen molar-refractivity contribution >= 4 is 21.9 Å². The van der Waals surface area contributed by atoms with Crippen molar-refractivity contribution in [1.82, 2.24) is 4.98 Å². The molecule has 0 spiro atoms. The molecule has 18 heavy (non-hydrogen) atoms. The first-order valence-electron chi connectivity index (χ1n) is 5.48. The number of hydrogen-bond donors (Lipinski definition) is 0. The third kappa shape index (κ3) is 3.40. The van der Waals surface area contributed by atoms with Crippen molar-refractivity contribution in [3.63, 3.8) is 0 Å². The standard InChI is InChI=1S/C14H12BrNO2/c1-10(17)18-9-11-3-2-4-12(5-11)13-6-14(15)8-16-7-13/h2-8H,9H2,1H3. The number of carbonyl (C=O) groups is 1. The summed E-state index contributed by atoms with van der Waals surface area (Å²) in [5, 5.41) is 0. The predicted octanol–water partition coefficient (Wildman–Crippen LogP) is 3.57. The van der Waals surface area contributed by atoms with E-state index < -0.39 is 0 Å². The lowest BCUT2D eigenvalue weighted by Crippen LogP contribution is -1.98. The van der Waals surface area contributed by atoms with E-state index in [9.17, 15) is 4.79 Å². The van der Waals surface area contributed by atoms with Crippen LogP contribution >= 0.6 is 15.9 Å². The maximum Gasteiger partial charge on any atom is 0.302 e. The Labute approximate surface area is 114 Å². The van der Waals surface area contributed by atoms with Crippen LogP contribution in [0.25, 0.3) is 11.1 Å². The quantitative estimate of drug-likeness (QED) is 0.814. The lowest BCUT2D eigenvalue weighted by atomic mass is 10.1. The molecule has 0 N–H and O–H groups in total. The van der Waals surface area contributed by atoms with Gasteiger partial charge in [0.15, 0.2) is 0 Å². The van der Waals surface area contributed by atoms with Gasteiger partial charge in [0.1, 0.15) is 6.61 Å². The summed E-state index contributed by atoms with van der Waals surface area (Å²) in [5.41, 5.74) is 3.03. The Morgan fingerprint density at radius 1 is 1.28 bits per heavy atom. The van der Waals surface area contributed by atoms with Crippen LogP contribution in [0.5, 0.6) is 0 Å². The molecule has 1 heterocycles. The van der Waals surface area contributed by atoms with Crippen LogP contribution in [-0.2, 0) is 16.1 Å². The average Bonchev–Trinajstić information content (AvgIpc) is 2.37. The normalized spacial score (nSPS) is 10.1. The molecule has 4 heteroatoms. The average molecular weight is 306 g/mol. The Morgan fingerprint density at radius 2 is 2.11 bits per heavy atom. The minimum Gasteiger partial charge on any atom is -0.461 e. The minimum absolute atomic E-state index is 0.274. The van der Waals surface area contributed by atoms with E-state index in [1.165, 1.54) is 6.92 Å². The maximum atomic E-state index is 10.8. The Kier molecular flexibility index (Phi) is 4.10. The Morgan fingerprint density at radius 3 is 2.83 bits per heavy atom. The lowest BCUT2D eigenvalue weighted by molar-refractivity contribution is -0.142. The molecule has 0 amide bonds. The summed E-state index contributed by atoms with van der Waals surface area (Å²) in [6.45, 7) is 1.70. The highest BCUT2D eigenvalue weighted by molar-refractivity contribution is 9.10. The zero-order valence-electron chi connectivity index (χ0n) is 9.89. The van der Waals surface area contributed by atoms with Crippen molar-refractivity contribution in [3.05, 3.63) is 52.8 Å². The summed E-state index contributed by atoms with van der Waals surface area (Å²) < 4.78 is 5.91. The summed E-state index contributed by atoms with van der Waals surface area (Å²) in [4.78, 5) is 14.9. The highest BCUT2D eigenvalue weighted by atomic mass is 79.9. The predicted molar refractivity (Wildman–Crippen MR) is 72.8 cm³/mol. The van der Waals surface area contributed by atoms with Gasteiger partial charge in [0.25, 0.3) is 0 Å². The van der Waals surface area contributed by atoms with E-state index in [0.29, 0.717) is 6.61 Å². The maximum absolute atomic E-state index is 10.8. The van der Waals surface area contributed by atoms with E-state index in [1.807, 2.05) is 30.3 Å². The van der Waals surface area contributed by atoms with Crippen LogP contribution in [-0.4, -0.2) is 11.0 Å². The first kappa shape index (κ1) is 12.8. The van der Waals surface area contributed by atoms with E-state index in [0.717, 1.165) is 21.2 Å². The topological polar surface area (TPSA) is 39.2 Å². The number of halogens is 1. The van der Waals surface area contributed by atoms with E-state index in [4.69, 9.17) is 4.74 Å². The number of ether oxygens (including phenoxy) is 1. The highest BCUT2D eigenvalue weighted by Gasteiger charge is 2.02. The van der Waals surface area contributed by atoms with Gasteiger partial charge in [0, 0.05) is 29.4 Å². The van der Waals surface area contributed by atoms with Crippen LogP contribution in [0.15, 0.2) is 47.2 Å².